The fraction of sp³-hybridized carbons (Fsp3) is 0.304. The summed E-state index contributed by atoms with van der Waals surface area (Å²) in [6.07, 6.45) is 0. The maximum absolute atomic E-state index is 13.4. The zero-order valence-corrected chi connectivity index (χ0v) is 16.5. The molecular formula is C23H24FN3O. The Bertz CT molecular complexity index is 1060. The van der Waals surface area contributed by atoms with E-state index in [1.807, 2.05) is 11.8 Å². The van der Waals surface area contributed by atoms with E-state index in [1.54, 1.807) is 19.1 Å². The van der Waals surface area contributed by atoms with Gasteiger partial charge in [-0.15, -0.1) is 0 Å². The third-order valence-electron chi connectivity index (χ3n) is 5.55. The molecule has 1 aromatic heterocycles. The summed E-state index contributed by atoms with van der Waals surface area (Å²) in [6.45, 7) is 8.81. The third kappa shape index (κ3) is 3.44. The second kappa shape index (κ2) is 7.23. The first-order valence-electron chi connectivity index (χ1n) is 9.61. The maximum atomic E-state index is 13.4. The van der Waals surface area contributed by atoms with Gasteiger partial charge in [0.2, 0.25) is 5.91 Å². The zero-order chi connectivity index (χ0) is 19.8. The van der Waals surface area contributed by atoms with Crippen LogP contribution < -0.4 is 4.90 Å². The number of aryl methyl sites for hydroxylation is 2. The number of halogens is 1. The largest absolute Gasteiger partial charge is 0.368 e. The van der Waals surface area contributed by atoms with Crippen molar-refractivity contribution in [3.8, 4) is 11.3 Å². The molecule has 2 heterocycles. The minimum Gasteiger partial charge on any atom is -0.368 e. The third-order valence-corrected chi connectivity index (χ3v) is 5.55. The molecular weight excluding hydrogens is 353 g/mol. The van der Waals surface area contributed by atoms with Gasteiger partial charge in [0.05, 0.1) is 11.2 Å². The Balaban J connectivity index is 1.66. The minimum absolute atomic E-state index is 0.141. The summed E-state index contributed by atoms with van der Waals surface area (Å²) < 4.78 is 13.4. The number of benzene rings is 2. The molecule has 0 saturated carbocycles. The molecule has 4 nitrogen and oxygen atoms in total. The van der Waals surface area contributed by atoms with Gasteiger partial charge in [0, 0.05) is 49.7 Å². The Morgan fingerprint density at radius 1 is 0.964 bits per heavy atom. The van der Waals surface area contributed by atoms with Gasteiger partial charge in [-0.1, -0.05) is 0 Å². The second-order valence-electron chi connectivity index (χ2n) is 7.48. The van der Waals surface area contributed by atoms with Crippen LogP contribution in [0.5, 0.6) is 0 Å². The van der Waals surface area contributed by atoms with E-state index in [0.29, 0.717) is 0 Å². The van der Waals surface area contributed by atoms with E-state index >= 15 is 0 Å². The number of piperazine rings is 1. The zero-order valence-electron chi connectivity index (χ0n) is 16.5. The number of rotatable bonds is 2. The minimum atomic E-state index is -0.228. The number of amides is 1. The molecule has 0 atom stereocenters. The van der Waals surface area contributed by atoms with Crippen molar-refractivity contribution in [2.24, 2.45) is 0 Å². The lowest BCUT2D eigenvalue weighted by atomic mass is 10.0. The van der Waals surface area contributed by atoms with Crippen LogP contribution in [0.2, 0.25) is 0 Å². The predicted octanol–water partition coefficient (Wildman–Crippen LogP) is 4.33. The molecule has 0 N–H and O–H groups in total. The lowest BCUT2D eigenvalue weighted by Gasteiger charge is -2.35. The molecule has 0 spiro atoms. The molecule has 0 radical (unpaired) electrons. The smallest absolute Gasteiger partial charge is 0.219 e. The molecule has 2 aromatic carbocycles. The first-order chi connectivity index (χ1) is 13.4. The fourth-order valence-corrected chi connectivity index (χ4v) is 3.91. The van der Waals surface area contributed by atoms with Crippen molar-refractivity contribution in [2.75, 3.05) is 31.1 Å². The first kappa shape index (κ1) is 18.4. The average molecular weight is 377 g/mol. The predicted molar refractivity (Wildman–Crippen MR) is 111 cm³/mol. The van der Waals surface area contributed by atoms with E-state index in [4.69, 9.17) is 4.98 Å². The van der Waals surface area contributed by atoms with Crippen LogP contribution in [0.25, 0.3) is 22.2 Å². The van der Waals surface area contributed by atoms with Crippen molar-refractivity contribution in [1.29, 1.82) is 0 Å². The van der Waals surface area contributed by atoms with Crippen LogP contribution in [0.1, 0.15) is 18.1 Å². The number of hydrogen-bond acceptors (Lipinski definition) is 3. The van der Waals surface area contributed by atoms with Crippen LogP contribution in [-0.4, -0.2) is 42.0 Å². The highest BCUT2D eigenvalue weighted by Gasteiger charge is 2.19. The molecule has 144 valence electrons. The molecule has 0 bridgehead atoms. The van der Waals surface area contributed by atoms with Gasteiger partial charge in [-0.3, -0.25) is 4.79 Å². The summed E-state index contributed by atoms with van der Waals surface area (Å²) in [5, 5.41) is 1.12. The second-order valence-corrected chi connectivity index (χ2v) is 7.48. The van der Waals surface area contributed by atoms with Gasteiger partial charge in [0.1, 0.15) is 5.82 Å². The van der Waals surface area contributed by atoms with E-state index in [9.17, 15) is 9.18 Å². The maximum Gasteiger partial charge on any atom is 0.219 e. The number of pyridine rings is 1. The van der Waals surface area contributed by atoms with Crippen LogP contribution >= 0.6 is 0 Å². The number of hydrogen-bond donors (Lipinski definition) is 0. The molecule has 28 heavy (non-hydrogen) atoms. The number of anilines is 1. The Kier molecular flexibility index (Phi) is 4.75. The van der Waals surface area contributed by atoms with Crippen molar-refractivity contribution < 1.29 is 9.18 Å². The fourth-order valence-electron chi connectivity index (χ4n) is 3.91. The van der Waals surface area contributed by atoms with E-state index in [1.165, 1.54) is 6.07 Å². The van der Waals surface area contributed by atoms with Crippen molar-refractivity contribution >= 4 is 22.5 Å². The summed E-state index contributed by atoms with van der Waals surface area (Å²) in [7, 11) is 0. The summed E-state index contributed by atoms with van der Waals surface area (Å²) in [4.78, 5) is 20.6. The van der Waals surface area contributed by atoms with Gasteiger partial charge in [-0.2, -0.15) is 0 Å². The molecule has 1 saturated heterocycles. The topological polar surface area (TPSA) is 36.4 Å². The normalized spacial score (nSPS) is 14.6. The standard InChI is InChI=1S/C23H24FN3O/c1-15-12-18(24)4-6-20(15)23-13-16(2)21-14-19(5-7-22(21)25-23)27-10-8-26(9-11-27)17(3)28/h4-7,12-14H,8-11H2,1-3H3. The van der Waals surface area contributed by atoms with Crippen LogP contribution in [0, 0.1) is 19.7 Å². The van der Waals surface area contributed by atoms with Gasteiger partial charge in [-0.25, -0.2) is 9.37 Å². The Morgan fingerprint density at radius 2 is 1.71 bits per heavy atom. The Labute approximate surface area is 164 Å². The summed E-state index contributed by atoms with van der Waals surface area (Å²) in [6, 6.07) is 13.2. The van der Waals surface area contributed by atoms with Crippen LogP contribution in [-0.2, 0) is 4.79 Å². The quantitative estimate of drug-likeness (QED) is 0.667. The van der Waals surface area contributed by atoms with Crippen molar-refractivity contribution in [2.45, 2.75) is 20.8 Å². The SMILES string of the molecule is CC(=O)N1CCN(c2ccc3nc(-c4ccc(F)cc4C)cc(C)c3c2)CC1. The molecule has 3 aromatic rings. The lowest BCUT2D eigenvalue weighted by molar-refractivity contribution is -0.129. The van der Waals surface area contributed by atoms with Crippen LogP contribution in [0.4, 0.5) is 10.1 Å². The number of fused-ring (bicyclic) bond motifs is 1. The molecule has 0 aliphatic carbocycles. The van der Waals surface area contributed by atoms with Gasteiger partial charge < -0.3 is 9.80 Å². The number of nitrogens with zero attached hydrogens (tertiary/aromatic N) is 3. The van der Waals surface area contributed by atoms with Crippen molar-refractivity contribution in [1.82, 2.24) is 9.88 Å². The van der Waals surface area contributed by atoms with E-state index < -0.39 is 0 Å². The van der Waals surface area contributed by atoms with Crippen molar-refractivity contribution in [3.05, 3.63) is 59.4 Å². The monoisotopic (exact) mass is 377 g/mol. The highest BCUT2D eigenvalue weighted by molar-refractivity contribution is 5.88. The van der Waals surface area contributed by atoms with Gasteiger partial charge in [0.15, 0.2) is 0 Å². The average Bonchev–Trinajstić information content (AvgIpc) is 2.68. The Morgan fingerprint density at radius 3 is 2.39 bits per heavy atom. The summed E-state index contributed by atoms with van der Waals surface area (Å²) in [5.41, 5.74) is 5.94. The van der Waals surface area contributed by atoms with Crippen LogP contribution in [0.3, 0.4) is 0 Å². The Hall–Kier alpha value is -2.95. The summed E-state index contributed by atoms with van der Waals surface area (Å²) in [5.74, 6) is -0.0879. The lowest BCUT2D eigenvalue weighted by Crippen LogP contribution is -2.48. The van der Waals surface area contributed by atoms with E-state index in [-0.39, 0.29) is 11.7 Å². The molecule has 1 amide bonds. The number of carbonyl (C=O) groups excluding carboxylic acids is 1. The van der Waals surface area contributed by atoms with Crippen molar-refractivity contribution in [3.63, 3.8) is 0 Å². The number of aromatic nitrogens is 1. The molecule has 1 aliphatic rings. The summed E-state index contributed by atoms with van der Waals surface area (Å²) >= 11 is 0. The molecule has 1 aliphatic heterocycles. The first-order valence-corrected chi connectivity index (χ1v) is 9.61. The van der Waals surface area contributed by atoms with Gasteiger partial charge in [0.25, 0.3) is 0 Å². The highest BCUT2D eigenvalue weighted by Crippen LogP contribution is 2.30. The van der Waals surface area contributed by atoms with Gasteiger partial charge in [-0.05, 0) is 67.4 Å². The van der Waals surface area contributed by atoms with Crippen LogP contribution in [0.15, 0.2) is 42.5 Å². The molecule has 4 rings (SSSR count). The van der Waals surface area contributed by atoms with Gasteiger partial charge >= 0.3 is 0 Å². The van der Waals surface area contributed by atoms with E-state index in [2.05, 4.69) is 36.1 Å². The highest BCUT2D eigenvalue weighted by atomic mass is 19.1. The molecule has 1 fully saturated rings. The number of carbonyl (C=O) groups is 1. The molecule has 0 unspecified atom stereocenters. The molecule has 5 heteroatoms. The van der Waals surface area contributed by atoms with E-state index in [0.717, 1.165) is 65.2 Å².